The Bertz CT molecular complexity index is 653. The third-order valence-corrected chi connectivity index (χ3v) is 3.49. The van der Waals surface area contributed by atoms with Crippen LogP contribution in [-0.4, -0.2) is 11.6 Å². The van der Waals surface area contributed by atoms with Crippen LogP contribution in [0.2, 0.25) is 5.02 Å². The predicted molar refractivity (Wildman–Crippen MR) is 91.4 cm³/mol. The third-order valence-electron chi connectivity index (χ3n) is 3.25. The summed E-state index contributed by atoms with van der Waals surface area (Å²) in [6.45, 7) is 2.13. The minimum absolute atomic E-state index is 0.257. The molecule has 0 saturated carbocycles. The lowest BCUT2D eigenvalue weighted by atomic mass is 10.1. The van der Waals surface area contributed by atoms with Gasteiger partial charge in [-0.05, 0) is 36.6 Å². The summed E-state index contributed by atoms with van der Waals surface area (Å²) < 4.78 is 0. The first-order valence-corrected chi connectivity index (χ1v) is 7.76. The van der Waals surface area contributed by atoms with E-state index in [1.165, 1.54) is 0 Å². The van der Waals surface area contributed by atoms with Gasteiger partial charge in [-0.3, -0.25) is 4.79 Å². The van der Waals surface area contributed by atoms with E-state index in [9.17, 15) is 4.79 Å². The number of benzene rings is 2. The van der Waals surface area contributed by atoms with Crippen LogP contribution in [0.3, 0.4) is 0 Å². The first-order chi connectivity index (χ1) is 10.7. The number of rotatable bonds is 6. The summed E-state index contributed by atoms with van der Waals surface area (Å²) in [5, 5.41) is 4.84. The number of halogens is 1. The average Bonchev–Trinajstić information content (AvgIpc) is 2.55. The molecule has 22 heavy (non-hydrogen) atoms. The molecule has 0 radical (unpaired) electrons. The van der Waals surface area contributed by atoms with Crippen molar-refractivity contribution in [2.45, 2.75) is 26.2 Å². The Morgan fingerprint density at radius 1 is 1.09 bits per heavy atom. The topological polar surface area (TPSA) is 41.5 Å². The molecule has 0 bridgehead atoms. The Balaban J connectivity index is 2.14. The molecule has 2 aromatic rings. The Morgan fingerprint density at radius 2 is 1.82 bits per heavy atom. The van der Waals surface area contributed by atoms with Crippen LogP contribution in [0.4, 0.5) is 0 Å². The van der Waals surface area contributed by atoms with Crippen LogP contribution in [0.15, 0.2) is 59.7 Å². The van der Waals surface area contributed by atoms with Crippen LogP contribution in [-0.2, 0) is 0 Å². The highest BCUT2D eigenvalue weighted by molar-refractivity contribution is 6.30. The van der Waals surface area contributed by atoms with Gasteiger partial charge in [0.1, 0.15) is 0 Å². The van der Waals surface area contributed by atoms with Gasteiger partial charge in [0.2, 0.25) is 0 Å². The monoisotopic (exact) mass is 314 g/mol. The van der Waals surface area contributed by atoms with Gasteiger partial charge in [-0.15, -0.1) is 0 Å². The molecule has 0 aliphatic carbocycles. The molecule has 0 spiro atoms. The zero-order chi connectivity index (χ0) is 15.8. The normalized spacial score (nSPS) is 11.3. The van der Waals surface area contributed by atoms with Gasteiger partial charge < -0.3 is 0 Å². The molecule has 1 amide bonds. The molecule has 0 heterocycles. The van der Waals surface area contributed by atoms with Crippen LogP contribution >= 0.6 is 11.6 Å². The highest BCUT2D eigenvalue weighted by atomic mass is 35.5. The fourth-order valence-corrected chi connectivity index (χ4v) is 2.24. The molecule has 0 unspecified atom stereocenters. The van der Waals surface area contributed by atoms with E-state index in [4.69, 9.17) is 11.6 Å². The number of carbonyl (C=O) groups is 1. The van der Waals surface area contributed by atoms with E-state index in [1.54, 1.807) is 24.3 Å². The zero-order valence-electron chi connectivity index (χ0n) is 12.6. The van der Waals surface area contributed by atoms with Crippen LogP contribution in [0.1, 0.15) is 42.1 Å². The Hall–Kier alpha value is -2.13. The molecule has 114 valence electrons. The van der Waals surface area contributed by atoms with Crippen molar-refractivity contribution in [3.8, 4) is 0 Å². The average molecular weight is 315 g/mol. The van der Waals surface area contributed by atoms with Crippen molar-refractivity contribution < 1.29 is 4.79 Å². The van der Waals surface area contributed by atoms with E-state index in [0.717, 1.165) is 30.5 Å². The Kier molecular flexibility index (Phi) is 6.16. The number of hydrogen-bond acceptors (Lipinski definition) is 2. The largest absolute Gasteiger partial charge is 0.271 e. The summed E-state index contributed by atoms with van der Waals surface area (Å²) in [4.78, 5) is 12.1. The molecule has 1 N–H and O–H groups in total. The first kappa shape index (κ1) is 16.2. The maximum atomic E-state index is 12.1. The Labute approximate surface area is 136 Å². The number of unbranched alkanes of at least 4 members (excludes halogenated alkanes) is 1. The lowest BCUT2D eigenvalue weighted by Crippen LogP contribution is -2.20. The standard InChI is InChI=1S/C18H19ClN2O/c1-2-3-12-17(14-8-5-4-6-9-14)20-21-18(22)15-10-7-11-16(19)13-15/h4-11,13H,2-3,12H2,1H3,(H,21,22)/b20-17-. The van der Waals surface area contributed by atoms with E-state index in [0.29, 0.717) is 10.6 Å². The van der Waals surface area contributed by atoms with Crippen molar-refractivity contribution in [2.24, 2.45) is 5.10 Å². The highest BCUT2D eigenvalue weighted by Gasteiger charge is 2.07. The molecule has 0 fully saturated rings. The molecule has 3 nitrogen and oxygen atoms in total. The van der Waals surface area contributed by atoms with Crippen molar-refractivity contribution in [2.75, 3.05) is 0 Å². The number of amides is 1. The fraction of sp³-hybridized carbons (Fsp3) is 0.222. The van der Waals surface area contributed by atoms with Crippen LogP contribution in [0.5, 0.6) is 0 Å². The molecule has 0 saturated heterocycles. The molecule has 0 aliphatic heterocycles. The van der Waals surface area contributed by atoms with Gasteiger partial charge in [-0.2, -0.15) is 5.10 Å². The minimum Gasteiger partial charge on any atom is -0.267 e. The lowest BCUT2D eigenvalue weighted by molar-refractivity contribution is 0.0955. The van der Waals surface area contributed by atoms with E-state index >= 15 is 0 Å². The van der Waals surface area contributed by atoms with Gasteiger partial charge in [0, 0.05) is 10.6 Å². The van der Waals surface area contributed by atoms with Gasteiger partial charge in [-0.25, -0.2) is 5.43 Å². The van der Waals surface area contributed by atoms with Crippen molar-refractivity contribution in [3.63, 3.8) is 0 Å². The smallest absolute Gasteiger partial charge is 0.267 e. The molecular weight excluding hydrogens is 296 g/mol. The fourth-order valence-electron chi connectivity index (χ4n) is 2.05. The van der Waals surface area contributed by atoms with Crippen LogP contribution in [0.25, 0.3) is 0 Å². The second-order valence-corrected chi connectivity index (χ2v) is 5.42. The molecule has 0 aromatic heterocycles. The van der Waals surface area contributed by atoms with Crippen LogP contribution < -0.4 is 5.43 Å². The van der Waals surface area contributed by atoms with Crippen molar-refractivity contribution in [3.05, 3.63) is 70.7 Å². The summed E-state index contributed by atoms with van der Waals surface area (Å²) >= 11 is 5.90. The second kappa shape index (κ2) is 8.35. The van der Waals surface area contributed by atoms with E-state index in [-0.39, 0.29) is 5.91 Å². The van der Waals surface area contributed by atoms with Gasteiger partial charge in [0.25, 0.3) is 5.91 Å². The lowest BCUT2D eigenvalue weighted by Gasteiger charge is -2.07. The predicted octanol–water partition coefficient (Wildman–Crippen LogP) is 4.66. The van der Waals surface area contributed by atoms with E-state index in [1.807, 2.05) is 30.3 Å². The molecule has 0 atom stereocenters. The number of hydrogen-bond donors (Lipinski definition) is 1. The highest BCUT2D eigenvalue weighted by Crippen LogP contribution is 2.11. The number of carbonyl (C=O) groups excluding carboxylic acids is 1. The summed E-state index contributed by atoms with van der Waals surface area (Å²) in [6, 6.07) is 16.7. The van der Waals surface area contributed by atoms with Gasteiger partial charge in [0.05, 0.1) is 5.71 Å². The second-order valence-electron chi connectivity index (χ2n) is 4.98. The summed E-state index contributed by atoms with van der Waals surface area (Å²) in [5.41, 5.74) is 5.04. The molecule has 2 aromatic carbocycles. The first-order valence-electron chi connectivity index (χ1n) is 7.38. The van der Waals surface area contributed by atoms with Gasteiger partial charge in [-0.1, -0.05) is 61.3 Å². The molecule has 4 heteroatoms. The maximum absolute atomic E-state index is 12.1. The molecule has 2 rings (SSSR count). The van der Waals surface area contributed by atoms with E-state index < -0.39 is 0 Å². The summed E-state index contributed by atoms with van der Waals surface area (Å²) in [5.74, 6) is -0.257. The van der Waals surface area contributed by atoms with Crippen molar-refractivity contribution in [1.29, 1.82) is 0 Å². The Morgan fingerprint density at radius 3 is 2.50 bits per heavy atom. The molecular formula is C18H19ClN2O. The van der Waals surface area contributed by atoms with E-state index in [2.05, 4.69) is 17.5 Å². The van der Waals surface area contributed by atoms with Gasteiger partial charge in [0.15, 0.2) is 0 Å². The quantitative estimate of drug-likeness (QED) is 0.611. The SMILES string of the molecule is CCCC/C(=N/NC(=O)c1cccc(Cl)c1)c1ccccc1. The third kappa shape index (κ3) is 4.71. The number of nitrogens with zero attached hydrogens (tertiary/aromatic N) is 1. The number of nitrogens with one attached hydrogen (secondary N) is 1. The zero-order valence-corrected chi connectivity index (χ0v) is 13.3. The molecule has 0 aliphatic rings. The number of hydrazone groups is 1. The minimum atomic E-state index is -0.257. The summed E-state index contributed by atoms with van der Waals surface area (Å²) in [7, 11) is 0. The maximum Gasteiger partial charge on any atom is 0.271 e. The van der Waals surface area contributed by atoms with Crippen molar-refractivity contribution in [1.82, 2.24) is 5.43 Å². The summed E-state index contributed by atoms with van der Waals surface area (Å²) in [6.07, 6.45) is 2.94. The van der Waals surface area contributed by atoms with Crippen molar-refractivity contribution >= 4 is 23.2 Å². The van der Waals surface area contributed by atoms with Crippen LogP contribution in [0, 0.1) is 0 Å². The van der Waals surface area contributed by atoms with Gasteiger partial charge >= 0.3 is 0 Å².